The Hall–Kier alpha value is -1.39. The number of hydrogen-bond acceptors (Lipinski definition) is 3. The topological polar surface area (TPSA) is 83.5 Å². The molecule has 0 aromatic heterocycles. The first-order valence-electron chi connectivity index (χ1n) is 4.29. The van der Waals surface area contributed by atoms with Gasteiger partial charge < -0.3 is 15.9 Å². The third-order valence-electron chi connectivity index (χ3n) is 2.04. The molecule has 1 unspecified atom stereocenters. The van der Waals surface area contributed by atoms with Gasteiger partial charge in [-0.25, -0.2) is 4.79 Å². The van der Waals surface area contributed by atoms with Crippen molar-refractivity contribution in [2.24, 2.45) is 5.73 Å². The first-order valence-corrected chi connectivity index (χ1v) is 4.29. The summed E-state index contributed by atoms with van der Waals surface area (Å²) in [6.45, 7) is 1.57. The van der Waals surface area contributed by atoms with E-state index in [-0.39, 0.29) is 5.56 Å². The molecular formula is C10H13NO3. The Kier molecular flexibility index (Phi) is 3.22. The van der Waals surface area contributed by atoms with E-state index >= 15 is 0 Å². The Labute approximate surface area is 82.0 Å². The van der Waals surface area contributed by atoms with Crippen molar-refractivity contribution in [2.45, 2.75) is 19.1 Å². The molecule has 0 bridgehead atoms. The van der Waals surface area contributed by atoms with Gasteiger partial charge in [0.2, 0.25) is 0 Å². The van der Waals surface area contributed by atoms with Crippen LogP contribution in [0.4, 0.5) is 0 Å². The van der Waals surface area contributed by atoms with Gasteiger partial charge in [0.15, 0.2) is 0 Å². The van der Waals surface area contributed by atoms with Crippen molar-refractivity contribution in [3.8, 4) is 0 Å². The van der Waals surface area contributed by atoms with Crippen LogP contribution < -0.4 is 5.73 Å². The van der Waals surface area contributed by atoms with Gasteiger partial charge in [-0.2, -0.15) is 0 Å². The van der Waals surface area contributed by atoms with Crippen LogP contribution >= 0.6 is 0 Å². The van der Waals surface area contributed by atoms with Crippen LogP contribution in [0, 0.1) is 0 Å². The highest BCUT2D eigenvalue weighted by molar-refractivity contribution is 5.87. The van der Waals surface area contributed by atoms with Crippen LogP contribution in [0.5, 0.6) is 0 Å². The van der Waals surface area contributed by atoms with Crippen LogP contribution in [0.25, 0.3) is 0 Å². The zero-order chi connectivity index (χ0) is 10.7. The normalized spacial score (nSPS) is 14.8. The SMILES string of the molecule is CC(O)[C@@H](N)c1cccc(C(=O)O)c1. The molecule has 0 amide bonds. The van der Waals surface area contributed by atoms with Crippen molar-refractivity contribution in [3.63, 3.8) is 0 Å². The maximum Gasteiger partial charge on any atom is 0.335 e. The number of benzene rings is 1. The standard InChI is InChI=1S/C10H13NO3/c1-6(12)9(11)7-3-2-4-8(5-7)10(13)14/h2-6,9,12H,11H2,1H3,(H,13,14)/t6?,9-/m1/s1. The number of hydrogen-bond donors (Lipinski definition) is 3. The minimum Gasteiger partial charge on any atom is -0.478 e. The number of carbonyl (C=O) groups is 1. The molecule has 4 heteroatoms. The fraction of sp³-hybridized carbons (Fsp3) is 0.300. The Morgan fingerprint density at radius 2 is 2.14 bits per heavy atom. The van der Waals surface area contributed by atoms with Gasteiger partial charge in [-0.05, 0) is 24.6 Å². The molecule has 0 aliphatic heterocycles. The number of carboxylic acids is 1. The van der Waals surface area contributed by atoms with E-state index in [0.717, 1.165) is 0 Å². The van der Waals surface area contributed by atoms with Crippen molar-refractivity contribution in [2.75, 3.05) is 0 Å². The number of aliphatic hydroxyl groups excluding tert-OH is 1. The second-order valence-corrected chi connectivity index (χ2v) is 3.20. The Balaban J connectivity index is 2.99. The van der Waals surface area contributed by atoms with Crippen LogP contribution in [-0.2, 0) is 0 Å². The fourth-order valence-corrected chi connectivity index (χ4v) is 1.16. The van der Waals surface area contributed by atoms with Crippen molar-refractivity contribution >= 4 is 5.97 Å². The highest BCUT2D eigenvalue weighted by Crippen LogP contribution is 2.15. The summed E-state index contributed by atoms with van der Waals surface area (Å²) in [5.41, 5.74) is 6.47. The average Bonchev–Trinajstić information content (AvgIpc) is 2.16. The molecule has 1 aromatic carbocycles. The highest BCUT2D eigenvalue weighted by Gasteiger charge is 2.13. The van der Waals surface area contributed by atoms with Crippen LogP contribution in [0.3, 0.4) is 0 Å². The molecule has 4 nitrogen and oxygen atoms in total. The second kappa shape index (κ2) is 4.21. The molecule has 0 aliphatic carbocycles. The van der Waals surface area contributed by atoms with Crippen LogP contribution in [0.15, 0.2) is 24.3 Å². The molecule has 0 aliphatic rings. The van der Waals surface area contributed by atoms with Gasteiger partial charge in [0.25, 0.3) is 0 Å². The number of nitrogens with two attached hydrogens (primary N) is 1. The lowest BCUT2D eigenvalue weighted by atomic mass is 10.0. The summed E-state index contributed by atoms with van der Waals surface area (Å²) in [6.07, 6.45) is -0.695. The van der Waals surface area contributed by atoms with E-state index in [2.05, 4.69) is 0 Å². The second-order valence-electron chi connectivity index (χ2n) is 3.20. The number of aromatic carboxylic acids is 1. The first kappa shape index (κ1) is 10.7. The van der Waals surface area contributed by atoms with E-state index in [4.69, 9.17) is 10.8 Å². The summed E-state index contributed by atoms with van der Waals surface area (Å²) >= 11 is 0. The van der Waals surface area contributed by atoms with Gasteiger partial charge in [0.1, 0.15) is 0 Å². The third-order valence-corrected chi connectivity index (χ3v) is 2.04. The van der Waals surface area contributed by atoms with Crippen LogP contribution in [-0.4, -0.2) is 22.3 Å². The van der Waals surface area contributed by atoms with E-state index in [1.165, 1.54) is 12.1 Å². The summed E-state index contributed by atoms with van der Waals surface area (Å²) in [6, 6.07) is 5.72. The third kappa shape index (κ3) is 2.31. The minimum atomic E-state index is -0.996. The first-order chi connectivity index (χ1) is 6.52. The maximum absolute atomic E-state index is 10.6. The predicted molar refractivity (Wildman–Crippen MR) is 52.0 cm³/mol. The summed E-state index contributed by atoms with van der Waals surface area (Å²) in [5, 5.41) is 18.0. The molecular weight excluding hydrogens is 182 g/mol. The van der Waals surface area contributed by atoms with E-state index in [1.54, 1.807) is 19.1 Å². The van der Waals surface area contributed by atoms with Gasteiger partial charge in [0, 0.05) is 0 Å². The molecule has 0 saturated carbocycles. The Morgan fingerprint density at radius 3 is 2.64 bits per heavy atom. The fourth-order valence-electron chi connectivity index (χ4n) is 1.16. The zero-order valence-electron chi connectivity index (χ0n) is 7.84. The van der Waals surface area contributed by atoms with Crippen molar-refractivity contribution in [1.82, 2.24) is 0 Å². The van der Waals surface area contributed by atoms with Crippen LogP contribution in [0.1, 0.15) is 28.9 Å². The van der Waals surface area contributed by atoms with Crippen molar-refractivity contribution in [3.05, 3.63) is 35.4 Å². The summed E-state index contributed by atoms with van der Waals surface area (Å²) in [7, 11) is 0. The molecule has 0 radical (unpaired) electrons. The Morgan fingerprint density at radius 1 is 1.50 bits per heavy atom. The van der Waals surface area contributed by atoms with Gasteiger partial charge >= 0.3 is 5.97 Å². The average molecular weight is 195 g/mol. The van der Waals surface area contributed by atoms with E-state index in [9.17, 15) is 9.90 Å². The van der Waals surface area contributed by atoms with Crippen molar-refractivity contribution < 1.29 is 15.0 Å². The molecule has 76 valence electrons. The number of aliphatic hydroxyl groups is 1. The largest absolute Gasteiger partial charge is 0.478 e. The van der Waals surface area contributed by atoms with Gasteiger partial charge in [-0.1, -0.05) is 12.1 Å². The molecule has 0 spiro atoms. The molecule has 0 saturated heterocycles. The minimum absolute atomic E-state index is 0.179. The monoisotopic (exact) mass is 195 g/mol. The summed E-state index contributed by atoms with van der Waals surface area (Å²) < 4.78 is 0. The van der Waals surface area contributed by atoms with Gasteiger partial charge in [-0.3, -0.25) is 0 Å². The molecule has 1 aromatic rings. The number of carboxylic acid groups (broad SMARTS) is 1. The summed E-state index contributed by atoms with van der Waals surface area (Å²) in [5.74, 6) is -0.996. The van der Waals surface area contributed by atoms with Crippen LogP contribution in [0.2, 0.25) is 0 Å². The van der Waals surface area contributed by atoms with Crippen molar-refractivity contribution in [1.29, 1.82) is 0 Å². The molecule has 4 N–H and O–H groups in total. The lowest BCUT2D eigenvalue weighted by Crippen LogP contribution is -2.23. The molecule has 0 fully saturated rings. The molecule has 14 heavy (non-hydrogen) atoms. The molecule has 1 rings (SSSR count). The smallest absolute Gasteiger partial charge is 0.335 e. The quantitative estimate of drug-likeness (QED) is 0.665. The number of rotatable bonds is 3. The van der Waals surface area contributed by atoms with E-state index < -0.39 is 18.1 Å². The summed E-state index contributed by atoms with van der Waals surface area (Å²) in [4.78, 5) is 10.6. The zero-order valence-corrected chi connectivity index (χ0v) is 7.84. The molecule has 0 heterocycles. The van der Waals surface area contributed by atoms with E-state index in [0.29, 0.717) is 5.56 Å². The lowest BCUT2D eigenvalue weighted by molar-refractivity contribution is 0.0696. The van der Waals surface area contributed by atoms with Gasteiger partial charge in [-0.15, -0.1) is 0 Å². The highest BCUT2D eigenvalue weighted by atomic mass is 16.4. The molecule has 2 atom stereocenters. The Bertz CT molecular complexity index is 336. The van der Waals surface area contributed by atoms with E-state index in [1.807, 2.05) is 0 Å². The maximum atomic E-state index is 10.6. The van der Waals surface area contributed by atoms with Gasteiger partial charge in [0.05, 0.1) is 17.7 Å². The predicted octanol–water partition coefficient (Wildman–Crippen LogP) is 0.765. The lowest BCUT2D eigenvalue weighted by Gasteiger charge is -2.15.